The zero-order valence-corrected chi connectivity index (χ0v) is 12.1. The van der Waals surface area contributed by atoms with E-state index in [0.29, 0.717) is 24.8 Å². The van der Waals surface area contributed by atoms with Crippen LogP contribution in [0.3, 0.4) is 0 Å². The van der Waals surface area contributed by atoms with Gasteiger partial charge < -0.3 is 9.84 Å². The van der Waals surface area contributed by atoms with Crippen LogP contribution >= 0.6 is 0 Å². The fourth-order valence-electron chi connectivity index (χ4n) is 2.28. The van der Waals surface area contributed by atoms with Crippen LogP contribution in [-0.2, 0) is 14.3 Å². The van der Waals surface area contributed by atoms with Crippen molar-refractivity contribution in [1.29, 1.82) is 0 Å². The van der Waals surface area contributed by atoms with Gasteiger partial charge in [-0.25, -0.2) is 9.59 Å². The van der Waals surface area contributed by atoms with Gasteiger partial charge in [-0.15, -0.1) is 0 Å². The number of carboxylic acid groups (broad SMARTS) is 1. The number of rotatable bonds is 3. The Hall–Kier alpha value is -1.84. The number of esters is 1. The third kappa shape index (κ3) is 4.68. The predicted molar refractivity (Wildman–Crippen MR) is 77.2 cm³/mol. The smallest absolute Gasteiger partial charge is 0.333 e. The number of allylic oxidation sites excluding steroid dienone is 3. The molecule has 0 heterocycles. The standard InChI is InChI=1S/C16H22O4/c1-11-5-4-6-14(16(19)20-3)10-9-13(8-7-11)12(2)15(17)18/h6-7,13H,2,4-5,8-10H2,1,3H3,(H,17,18)/b11-7+,14-6-/t13-/m0/s1. The van der Waals surface area contributed by atoms with Gasteiger partial charge in [-0.2, -0.15) is 0 Å². The maximum atomic E-state index is 11.7. The van der Waals surface area contributed by atoms with Crippen LogP contribution in [0.15, 0.2) is 35.5 Å². The van der Waals surface area contributed by atoms with E-state index in [1.165, 1.54) is 12.7 Å². The molecule has 0 radical (unpaired) electrons. The van der Waals surface area contributed by atoms with Crippen molar-refractivity contribution in [2.24, 2.45) is 5.92 Å². The van der Waals surface area contributed by atoms with Gasteiger partial charge >= 0.3 is 11.9 Å². The van der Waals surface area contributed by atoms with Crippen LogP contribution in [0.2, 0.25) is 0 Å². The minimum Gasteiger partial charge on any atom is -0.478 e. The fourth-order valence-corrected chi connectivity index (χ4v) is 2.28. The summed E-state index contributed by atoms with van der Waals surface area (Å²) in [5.41, 5.74) is 2.04. The Morgan fingerprint density at radius 1 is 1.35 bits per heavy atom. The highest BCUT2D eigenvalue weighted by atomic mass is 16.5. The first-order valence-electron chi connectivity index (χ1n) is 6.80. The molecule has 20 heavy (non-hydrogen) atoms. The molecule has 0 saturated carbocycles. The van der Waals surface area contributed by atoms with E-state index in [4.69, 9.17) is 9.84 Å². The van der Waals surface area contributed by atoms with Gasteiger partial charge in [0, 0.05) is 11.1 Å². The lowest BCUT2D eigenvalue weighted by Crippen LogP contribution is -2.14. The zero-order chi connectivity index (χ0) is 15.1. The molecule has 0 amide bonds. The summed E-state index contributed by atoms with van der Waals surface area (Å²) in [5.74, 6) is -1.44. The second-order valence-corrected chi connectivity index (χ2v) is 5.11. The molecule has 1 aliphatic rings. The average Bonchev–Trinajstić information content (AvgIpc) is 2.43. The molecule has 0 fully saturated rings. The Labute approximate surface area is 119 Å². The number of methoxy groups -OCH3 is 1. The second kappa shape index (κ2) is 7.68. The van der Waals surface area contributed by atoms with E-state index < -0.39 is 5.97 Å². The molecule has 1 atom stereocenters. The van der Waals surface area contributed by atoms with Gasteiger partial charge in [-0.3, -0.25) is 0 Å². The van der Waals surface area contributed by atoms with E-state index in [-0.39, 0.29) is 17.5 Å². The Morgan fingerprint density at radius 3 is 2.65 bits per heavy atom. The number of carbonyl (C=O) groups is 2. The average molecular weight is 278 g/mol. The number of carboxylic acids is 1. The third-order valence-corrected chi connectivity index (χ3v) is 3.66. The number of carbonyl (C=O) groups excluding carboxylic acids is 1. The quantitative estimate of drug-likeness (QED) is 0.489. The summed E-state index contributed by atoms with van der Waals surface area (Å²) >= 11 is 0. The predicted octanol–water partition coefficient (Wildman–Crippen LogP) is 3.25. The summed E-state index contributed by atoms with van der Waals surface area (Å²) in [5, 5.41) is 9.08. The van der Waals surface area contributed by atoms with Gasteiger partial charge in [-0.1, -0.05) is 24.3 Å². The van der Waals surface area contributed by atoms with Crippen molar-refractivity contribution < 1.29 is 19.4 Å². The summed E-state index contributed by atoms with van der Waals surface area (Å²) in [4.78, 5) is 22.8. The SMILES string of the molecule is C=C(C(=O)O)[C@H]1C/C=C(\C)CC/C=C(\C(=O)OC)CC1. The lowest BCUT2D eigenvalue weighted by Gasteiger charge is -2.17. The number of ether oxygens (including phenoxy) is 1. The monoisotopic (exact) mass is 278 g/mol. The van der Waals surface area contributed by atoms with Crippen LogP contribution < -0.4 is 0 Å². The molecule has 110 valence electrons. The lowest BCUT2D eigenvalue weighted by molar-refractivity contribution is -0.136. The molecule has 1 aliphatic carbocycles. The van der Waals surface area contributed by atoms with Crippen molar-refractivity contribution >= 4 is 11.9 Å². The van der Waals surface area contributed by atoms with Gasteiger partial charge in [0.2, 0.25) is 0 Å². The summed E-state index contributed by atoms with van der Waals surface area (Å²) in [7, 11) is 1.36. The Morgan fingerprint density at radius 2 is 2.05 bits per heavy atom. The molecule has 0 bridgehead atoms. The molecule has 4 heteroatoms. The van der Waals surface area contributed by atoms with Gasteiger partial charge in [0.05, 0.1) is 7.11 Å². The van der Waals surface area contributed by atoms with Crippen molar-refractivity contribution in [3.63, 3.8) is 0 Å². The van der Waals surface area contributed by atoms with Crippen LogP contribution in [-0.4, -0.2) is 24.2 Å². The minimum absolute atomic E-state index is 0.145. The summed E-state index contributed by atoms with van der Waals surface area (Å²) in [6.07, 6.45) is 7.42. The first-order chi connectivity index (χ1) is 9.45. The minimum atomic E-state index is -0.971. The molecular weight excluding hydrogens is 256 g/mol. The molecular formula is C16H22O4. The number of aliphatic carboxylic acids is 1. The van der Waals surface area contributed by atoms with Crippen molar-refractivity contribution in [2.45, 2.75) is 39.0 Å². The Bertz CT molecular complexity index is 457. The zero-order valence-electron chi connectivity index (χ0n) is 12.1. The largest absolute Gasteiger partial charge is 0.478 e. The maximum Gasteiger partial charge on any atom is 0.333 e. The van der Waals surface area contributed by atoms with Crippen molar-refractivity contribution in [1.82, 2.24) is 0 Å². The lowest BCUT2D eigenvalue weighted by atomic mass is 9.88. The fraction of sp³-hybridized carbons (Fsp3) is 0.500. The van der Waals surface area contributed by atoms with Crippen LogP contribution in [0.25, 0.3) is 0 Å². The molecule has 0 aromatic carbocycles. The van der Waals surface area contributed by atoms with E-state index in [0.717, 1.165) is 12.8 Å². The van der Waals surface area contributed by atoms with Crippen LogP contribution in [0.1, 0.15) is 39.0 Å². The van der Waals surface area contributed by atoms with Gasteiger partial charge in [0.25, 0.3) is 0 Å². The third-order valence-electron chi connectivity index (χ3n) is 3.66. The van der Waals surface area contributed by atoms with E-state index in [2.05, 4.69) is 12.7 Å². The topological polar surface area (TPSA) is 63.6 Å². The summed E-state index contributed by atoms with van der Waals surface area (Å²) in [6.45, 7) is 5.68. The van der Waals surface area contributed by atoms with E-state index >= 15 is 0 Å². The van der Waals surface area contributed by atoms with Crippen molar-refractivity contribution in [3.8, 4) is 0 Å². The molecule has 0 spiro atoms. The normalized spacial score (nSPS) is 25.6. The van der Waals surface area contributed by atoms with E-state index in [9.17, 15) is 9.59 Å². The molecule has 4 nitrogen and oxygen atoms in total. The highest BCUT2D eigenvalue weighted by molar-refractivity contribution is 5.88. The molecule has 0 saturated heterocycles. The van der Waals surface area contributed by atoms with E-state index in [1.54, 1.807) is 0 Å². The van der Waals surface area contributed by atoms with Crippen LogP contribution in [0.5, 0.6) is 0 Å². The van der Waals surface area contributed by atoms with Crippen LogP contribution in [0.4, 0.5) is 0 Å². The van der Waals surface area contributed by atoms with Crippen molar-refractivity contribution in [2.75, 3.05) is 7.11 Å². The summed E-state index contributed by atoms with van der Waals surface area (Å²) in [6, 6.07) is 0. The maximum absolute atomic E-state index is 11.7. The van der Waals surface area contributed by atoms with Gasteiger partial charge in [0.15, 0.2) is 0 Å². The van der Waals surface area contributed by atoms with Gasteiger partial charge in [-0.05, 0) is 44.9 Å². The van der Waals surface area contributed by atoms with Crippen LogP contribution in [0, 0.1) is 5.92 Å². The number of hydrogen-bond donors (Lipinski definition) is 1. The Balaban J connectivity index is 2.91. The molecule has 0 aliphatic heterocycles. The first-order valence-corrected chi connectivity index (χ1v) is 6.80. The molecule has 0 aromatic heterocycles. The number of hydrogen-bond acceptors (Lipinski definition) is 3. The van der Waals surface area contributed by atoms with Crippen molar-refractivity contribution in [3.05, 3.63) is 35.5 Å². The molecule has 1 rings (SSSR count). The molecule has 0 aromatic rings. The highest BCUT2D eigenvalue weighted by Gasteiger charge is 2.20. The Kier molecular flexibility index (Phi) is 6.22. The first kappa shape index (κ1) is 16.2. The van der Waals surface area contributed by atoms with E-state index in [1.807, 2.05) is 13.0 Å². The second-order valence-electron chi connectivity index (χ2n) is 5.11. The molecule has 0 unspecified atom stereocenters. The summed E-state index contributed by atoms with van der Waals surface area (Å²) < 4.78 is 4.77. The molecule has 1 N–H and O–H groups in total. The highest BCUT2D eigenvalue weighted by Crippen LogP contribution is 2.26. The van der Waals surface area contributed by atoms with Gasteiger partial charge in [0.1, 0.15) is 0 Å².